The molecule has 0 bridgehead atoms. The van der Waals surface area contributed by atoms with Crippen LogP contribution in [-0.2, 0) is 9.59 Å². The first-order valence-electron chi connectivity index (χ1n) is 6.24. The fourth-order valence-corrected chi connectivity index (χ4v) is 2.41. The average molecular weight is 313 g/mol. The molecule has 5 nitrogen and oxygen atoms in total. The molecule has 1 saturated heterocycles. The van der Waals surface area contributed by atoms with Crippen molar-refractivity contribution in [1.29, 1.82) is 0 Å². The highest BCUT2D eigenvalue weighted by Gasteiger charge is 2.35. The molecule has 1 atom stereocenters. The van der Waals surface area contributed by atoms with Gasteiger partial charge in [0, 0.05) is 5.56 Å². The highest BCUT2D eigenvalue weighted by Crippen LogP contribution is 2.28. The molecular formula is C13H13F2N3O2S. The van der Waals surface area contributed by atoms with Crippen molar-refractivity contribution in [3.05, 3.63) is 29.3 Å². The zero-order valence-corrected chi connectivity index (χ0v) is 12.0. The monoisotopic (exact) mass is 313 g/mol. The SMILES string of the molecule is CCC1C(=O)NC(=O)CN1c1c(F)cc(C(N)=S)cc1F. The van der Waals surface area contributed by atoms with Crippen molar-refractivity contribution in [1.82, 2.24) is 5.32 Å². The first-order chi connectivity index (χ1) is 9.85. The van der Waals surface area contributed by atoms with E-state index >= 15 is 0 Å². The Morgan fingerprint density at radius 1 is 1.43 bits per heavy atom. The number of piperazine rings is 1. The second kappa shape index (κ2) is 5.72. The first kappa shape index (κ1) is 15.3. The summed E-state index contributed by atoms with van der Waals surface area (Å²) in [5, 5.41) is 2.14. The second-order valence-electron chi connectivity index (χ2n) is 4.62. The van der Waals surface area contributed by atoms with Crippen LogP contribution in [0.2, 0.25) is 0 Å². The summed E-state index contributed by atoms with van der Waals surface area (Å²) in [5.74, 6) is -3.02. The molecule has 1 aliphatic rings. The Morgan fingerprint density at radius 2 is 2.00 bits per heavy atom. The van der Waals surface area contributed by atoms with Crippen LogP contribution in [0.15, 0.2) is 12.1 Å². The molecule has 21 heavy (non-hydrogen) atoms. The molecule has 1 aromatic carbocycles. The maximum atomic E-state index is 14.2. The molecule has 3 N–H and O–H groups in total. The molecule has 0 aromatic heterocycles. The summed E-state index contributed by atoms with van der Waals surface area (Å²) in [4.78, 5) is 24.2. The van der Waals surface area contributed by atoms with Gasteiger partial charge in [-0.05, 0) is 18.6 Å². The number of nitrogens with zero attached hydrogens (tertiary/aromatic N) is 1. The maximum Gasteiger partial charge on any atom is 0.249 e. The van der Waals surface area contributed by atoms with Gasteiger partial charge >= 0.3 is 0 Å². The van der Waals surface area contributed by atoms with Gasteiger partial charge < -0.3 is 10.6 Å². The van der Waals surface area contributed by atoms with Crippen molar-refractivity contribution < 1.29 is 18.4 Å². The fourth-order valence-electron chi connectivity index (χ4n) is 2.29. The number of halogens is 2. The summed E-state index contributed by atoms with van der Waals surface area (Å²) in [6.07, 6.45) is 0.301. The predicted molar refractivity (Wildman–Crippen MR) is 76.8 cm³/mol. The number of carbonyl (C=O) groups excluding carboxylic acids is 2. The van der Waals surface area contributed by atoms with E-state index in [2.05, 4.69) is 17.5 Å². The van der Waals surface area contributed by atoms with Crippen LogP contribution in [0.4, 0.5) is 14.5 Å². The summed E-state index contributed by atoms with van der Waals surface area (Å²) >= 11 is 4.68. The number of nitrogens with two attached hydrogens (primary N) is 1. The minimum absolute atomic E-state index is 0.0459. The lowest BCUT2D eigenvalue weighted by atomic mass is 10.1. The van der Waals surface area contributed by atoms with Crippen LogP contribution < -0.4 is 16.0 Å². The van der Waals surface area contributed by atoms with Crippen molar-refractivity contribution >= 4 is 34.7 Å². The van der Waals surface area contributed by atoms with E-state index in [9.17, 15) is 18.4 Å². The Hall–Kier alpha value is -2.09. The van der Waals surface area contributed by atoms with Gasteiger partial charge in [0.05, 0.1) is 6.54 Å². The number of carbonyl (C=O) groups is 2. The zero-order chi connectivity index (χ0) is 15.7. The fraction of sp³-hybridized carbons (Fsp3) is 0.308. The van der Waals surface area contributed by atoms with Crippen LogP contribution in [0.1, 0.15) is 18.9 Å². The quantitative estimate of drug-likeness (QED) is 0.639. The predicted octanol–water partition coefficient (Wildman–Crippen LogP) is 0.840. The van der Waals surface area contributed by atoms with Crippen LogP contribution in [0.25, 0.3) is 0 Å². The van der Waals surface area contributed by atoms with Crippen LogP contribution >= 0.6 is 12.2 Å². The second-order valence-corrected chi connectivity index (χ2v) is 5.06. The Kier molecular flexibility index (Phi) is 4.17. The van der Waals surface area contributed by atoms with Gasteiger partial charge in [0.2, 0.25) is 11.8 Å². The number of thiocarbonyl (C=S) groups is 1. The van der Waals surface area contributed by atoms with Crippen LogP contribution in [-0.4, -0.2) is 29.4 Å². The third kappa shape index (κ3) is 2.85. The van der Waals surface area contributed by atoms with Crippen molar-refractivity contribution in [2.45, 2.75) is 19.4 Å². The highest BCUT2D eigenvalue weighted by molar-refractivity contribution is 7.80. The molecule has 1 aromatic rings. The third-order valence-electron chi connectivity index (χ3n) is 3.23. The normalized spacial score (nSPS) is 18.6. The largest absolute Gasteiger partial charge is 0.389 e. The molecule has 1 heterocycles. The molecular weight excluding hydrogens is 300 g/mol. The van der Waals surface area contributed by atoms with E-state index in [4.69, 9.17) is 5.73 Å². The lowest BCUT2D eigenvalue weighted by molar-refractivity contribution is -0.132. The van der Waals surface area contributed by atoms with Gasteiger partial charge in [0.25, 0.3) is 0 Å². The smallest absolute Gasteiger partial charge is 0.249 e. The van der Waals surface area contributed by atoms with Gasteiger partial charge in [-0.3, -0.25) is 14.9 Å². The number of rotatable bonds is 3. The molecule has 1 unspecified atom stereocenters. The summed E-state index contributed by atoms with van der Waals surface area (Å²) in [6, 6.07) is 1.16. The Labute approximate surface area is 125 Å². The Morgan fingerprint density at radius 3 is 2.48 bits per heavy atom. The van der Waals surface area contributed by atoms with E-state index in [-0.39, 0.29) is 17.1 Å². The van der Waals surface area contributed by atoms with E-state index < -0.39 is 35.2 Å². The molecule has 0 saturated carbocycles. The van der Waals surface area contributed by atoms with Crippen LogP contribution in [0.5, 0.6) is 0 Å². The van der Waals surface area contributed by atoms with Crippen molar-refractivity contribution in [3.8, 4) is 0 Å². The molecule has 0 radical (unpaired) electrons. The molecule has 2 rings (SSSR count). The van der Waals surface area contributed by atoms with Crippen LogP contribution in [0, 0.1) is 11.6 Å². The van der Waals surface area contributed by atoms with E-state index in [1.165, 1.54) is 0 Å². The van der Waals surface area contributed by atoms with Crippen LogP contribution in [0.3, 0.4) is 0 Å². The Bertz CT molecular complexity index is 613. The van der Waals surface area contributed by atoms with E-state index in [1.807, 2.05) is 0 Å². The number of benzene rings is 1. The number of hydrogen-bond donors (Lipinski definition) is 2. The van der Waals surface area contributed by atoms with Crippen molar-refractivity contribution in [3.63, 3.8) is 0 Å². The summed E-state index contributed by atoms with van der Waals surface area (Å²) in [7, 11) is 0. The molecule has 1 aliphatic heterocycles. The third-order valence-corrected chi connectivity index (χ3v) is 3.47. The first-order valence-corrected chi connectivity index (χ1v) is 6.65. The van der Waals surface area contributed by atoms with Gasteiger partial charge in [0.1, 0.15) is 28.4 Å². The number of imide groups is 1. The minimum atomic E-state index is -0.918. The van der Waals surface area contributed by atoms with Gasteiger partial charge in [-0.2, -0.15) is 0 Å². The molecule has 0 spiro atoms. The summed E-state index contributed by atoms with van der Waals surface area (Å²) in [6.45, 7) is 1.39. The number of anilines is 1. The van der Waals surface area contributed by atoms with Gasteiger partial charge in [-0.15, -0.1) is 0 Å². The summed E-state index contributed by atoms with van der Waals surface area (Å²) in [5.41, 5.74) is 4.96. The lowest BCUT2D eigenvalue weighted by Gasteiger charge is -2.35. The van der Waals surface area contributed by atoms with Gasteiger partial charge in [-0.25, -0.2) is 8.78 Å². The zero-order valence-electron chi connectivity index (χ0n) is 11.2. The maximum absolute atomic E-state index is 14.2. The van der Waals surface area contributed by atoms with E-state index in [1.54, 1.807) is 6.92 Å². The number of nitrogens with one attached hydrogen (secondary N) is 1. The molecule has 0 aliphatic carbocycles. The highest BCUT2D eigenvalue weighted by atomic mass is 32.1. The van der Waals surface area contributed by atoms with Crippen molar-refractivity contribution in [2.75, 3.05) is 11.4 Å². The van der Waals surface area contributed by atoms with E-state index in [0.717, 1.165) is 17.0 Å². The topological polar surface area (TPSA) is 75.4 Å². The Balaban J connectivity index is 2.51. The molecule has 1 fully saturated rings. The molecule has 112 valence electrons. The minimum Gasteiger partial charge on any atom is -0.389 e. The molecule has 8 heteroatoms. The average Bonchev–Trinajstić information content (AvgIpc) is 2.37. The lowest BCUT2D eigenvalue weighted by Crippen LogP contribution is -2.58. The van der Waals surface area contributed by atoms with E-state index in [0.29, 0.717) is 6.42 Å². The standard InChI is InChI=1S/C13H13F2N3O2S/c1-2-9-13(20)17-10(19)5-18(9)11-7(14)3-6(12(16)21)4-8(11)15/h3-4,9H,2,5H2,1H3,(H2,16,21)(H,17,19,20). The van der Waals surface area contributed by atoms with Crippen molar-refractivity contribution in [2.24, 2.45) is 5.73 Å². The number of amides is 2. The van der Waals surface area contributed by atoms with Gasteiger partial charge in [-0.1, -0.05) is 19.1 Å². The van der Waals surface area contributed by atoms with Gasteiger partial charge in [0.15, 0.2) is 0 Å². The number of hydrogen-bond acceptors (Lipinski definition) is 4. The summed E-state index contributed by atoms with van der Waals surface area (Å²) < 4.78 is 28.4. The molecule has 2 amide bonds.